The first-order valence-corrected chi connectivity index (χ1v) is 4.50. The van der Waals surface area contributed by atoms with Gasteiger partial charge in [-0.3, -0.25) is 0 Å². The lowest BCUT2D eigenvalue weighted by molar-refractivity contribution is 0.782. The van der Waals surface area contributed by atoms with Gasteiger partial charge in [-0.2, -0.15) is 0 Å². The van der Waals surface area contributed by atoms with Gasteiger partial charge in [-0.1, -0.05) is 0 Å². The van der Waals surface area contributed by atoms with E-state index in [1.54, 1.807) is 12.5 Å². The van der Waals surface area contributed by atoms with Crippen LogP contribution in [0.4, 0.5) is 0 Å². The molecule has 1 unspecified atom stereocenters. The minimum Gasteiger partial charge on any atom is -0.367 e. The predicted molar refractivity (Wildman–Crippen MR) is 53.7 cm³/mol. The molecule has 1 atom stereocenters. The van der Waals surface area contributed by atoms with Gasteiger partial charge >= 0.3 is 0 Å². The zero-order valence-electron chi connectivity index (χ0n) is 7.72. The third kappa shape index (κ3) is 1.65. The Morgan fingerprint density at radius 3 is 2.93 bits per heavy atom. The smallest absolute Gasteiger partial charge is 0.115 e. The van der Waals surface area contributed by atoms with Crippen molar-refractivity contribution in [3.8, 4) is 0 Å². The van der Waals surface area contributed by atoms with Crippen LogP contribution in [0.3, 0.4) is 0 Å². The summed E-state index contributed by atoms with van der Waals surface area (Å²) < 4.78 is 0. The summed E-state index contributed by atoms with van der Waals surface area (Å²) in [7, 11) is 0. The van der Waals surface area contributed by atoms with E-state index in [-0.39, 0.29) is 5.92 Å². The van der Waals surface area contributed by atoms with Crippen molar-refractivity contribution in [3.63, 3.8) is 0 Å². The first-order chi connectivity index (χ1) is 6.92. The van der Waals surface area contributed by atoms with E-state index in [1.165, 1.54) is 0 Å². The fraction of sp³-hybridized carbons (Fsp3) is 0.200. The summed E-state index contributed by atoms with van der Waals surface area (Å²) in [6, 6.07) is 3.91. The Morgan fingerprint density at radius 2 is 2.36 bits per heavy atom. The molecule has 0 aliphatic carbocycles. The highest BCUT2D eigenvalue weighted by Gasteiger charge is 2.13. The fourth-order valence-corrected chi connectivity index (χ4v) is 1.49. The molecule has 4 heteroatoms. The van der Waals surface area contributed by atoms with E-state index in [0.29, 0.717) is 6.54 Å². The Hall–Kier alpha value is -1.68. The van der Waals surface area contributed by atoms with E-state index < -0.39 is 0 Å². The van der Waals surface area contributed by atoms with Crippen LogP contribution in [0.2, 0.25) is 0 Å². The molecule has 0 aliphatic rings. The molecule has 72 valence electrons. The van der Waals surface area contributed by atoms with Crippen molar-refractivity contribution >= 4 is 0 Å². The second-order valence-corrected chi connectivity index (χ2v) is 3.07. The second-order valence-electron chi connectivity index (χ2n) is 3.07. The molecule has 0 bridgehead atoms. The summed E-state index contributed by atoms with van der Waals surface area (Å²) in [5.74, 6) is 0.157. The maximum absolute atomic E-state index is 5.72. The first-order valence-electron chi connectivity index (χ1n) is 4.50. The molecule has 0 saturated carbocycles. The SMILES string of the molecule is NCC(c1cc[nH]c1)c1ccncn1. The highest BCUT2D eigenvalue weighted by atomic mass is 14.8. The van der Waals surface area contributed by atoms with Crippen LogP contribution in [0, 0.1) is 0 Å². The van der Waals surface area contributed by atoms with E-state index >= 15 is 0 Å². The van der Waals surface area contributed by atoms with E-state index in [4.69, 9.17) is 5.73 Å². The van der Waals surface area contributed by atoms with Crippen LogP contribution in [0.25, 0.3) is 0 Å². The van der Waals surface area contributed by atoms with Crippen molar-refractivity contribution in [2.24, 2.45) is 5.73 Å². The van der Waals surface area contributed by atoms with E-state index in [0.717, 1.165) is 11.3 Å². The van der Waals surface area contributed by atoms with Crippen molar-refractivity contribution in [3.05, 3.63) is 48.3 Å². The Bertz CT molecular complexity index is 368. The average Bonchev–Trinajstić information content (AvgIpc) is 2.74. The Kier molecular flexibility index (Phi) is 2.55. The topological polar surface area (TPSA) is 67.6 Å². The number of rotatable bonds is 3. The average molecular weight is 188 g/mol. The van der Waals surface area contributed by atoms with Crippen LogP contribution < -0.4 is 5.73 Å². The van der Waals surface area contributed by atoms with Gasteiger partial charge in [-0.15, -0.1) is 0 Å². The number of H-pyrrole nitrogens is 1. The molecule has 0 aromatic carbocycles. The highest BCUT2D eigenvalue weighted by molar-refractivity contribution is 5.25. The third-order valence-electron chi connectivity index (χ3n) is 2.22. The van der Waals surface area contributed by atoms with Crippen molar-refractivity contribution in [2.45, 2.75) is 5.92 Å². The number of hydrogen-bond acceptors (Lipinski definition) is 3. The van der Waals surface area contributed by atoms with Crippen LogP contribution >= 0.6 is 0 Å². The molecule has 2 aromatic rings. The van der Waals surface area contributed by atoms with Crippen LogP contribution in [-0.2, 0) is 0 Å². The molecular formula is C10H12N4. The highest BCUT2D eigenvalue weighted by Crippen LogP contribution is 2.20. The molecule has 2 rings (SSSR count). The zero-order valence-corrected chi connectivity index (χ0v) is 7.72. The summed E-state index contributed by atoms with van der Waals surface area (Å²) in [6.07, 6.45) is 7.11. The van der Waals surface area contributed by atoms with Gasteiger partial charge in [0.25, 0.3) is 0 Å². The van der Waals surface area contributed by atoms with E-state index in [9.17, 15) is 0 Å². The lowest BCUT2D eigenvalue weighted by Crippen LogP contribution is -2.14. The molecule has 0 saturated heterocycles. The molecule has 2 heterocycles. The molecule has 0 radical (unpaired) electrons. The monoisotopic (exact) mass is 188 g/mol. The van der Waals surface area contributed by atoms with Crippen molar-refractivity contribution in [2.75, 3.05) is 6.54 Å². The van der Waals surface area contributed by atoms with Gasteiger partial charge in [0, 0.05) is 31.1 Å². The van der Waals surface area contributed by atoms with Crippen LogP contribution in [0.1, 0.15) is 17.2 Å². The molecule has 14 heavy (non-hydrogen) atoms. The maximum atomic E-state index is 5.72. The summed E-state index contributed by atoms with van der Waals surface area (Å²) in [5.41, 5.74) is 7.84. The summed E-state index contributed by atoms with van der Waals surface area (Å²) in [5, 5.41) is 0. The standard InChI is InChI=1S/C10H12N4/c11-5-9(8-1-3-12-6-8)10-2-4-13-7-14-10/h1-4,6-7,9,12H,5,11H2. The zero-order chi connectivity index (χ0) is 9.80. The minimum atomic E-state index is 0.157. The van der Waals surface area contributed by atoms with Gasteiger partial charge in [0.1, 0.15) is 6.33 Å². The third-order valence-corrected chi connectivity index (χ3v) is 2.22. The molecule has 0 fully saturated rings. The fourth-order valence-electron chi connectivity index (χ4n) is 1.49. The van der Waals surface area contributed by atoms with Crippen LogP contribution in [0.15, 0.2) is 37.1 Å². The Balaban J connectivity index is 2.31. The number of aromatic nitrogens is 3. The molecule has 0 amide bonds. The van der Waals surface area contributed by atoms with Crippen molar-refractivity contribution in [1.82, 2.24) is 15.0 Å². The van der Waals surface area contributed by atoms with Gasteiger partial charge in [0.2, 0.25) is 0 Å². The molecule has 2 aromatic heterocycles. The van der Waals surface area contributed by atoms with Gasteiger partial charge < -0.3 is 10.7 Å². The van der Waals surface area contributed by atoms with Crippen molar-refractivity contribution in [1.29, 1.82) is 0 Å². The second kappa shape index (κ2) is 4.02. The van der Waals surface area contributed by atoms with E-state index in [2.05, 4.69) is 15.0 Å². The molecule has 0 spiro atoms. The predicted octanol–water partition coefficient (Wildman–Crippen LogP) is 0.895. The molecule has 3 N–H and O–H groups in total. The van der Waals surface area contributed by atoms with Crippen molar-refractivity contribution < 1.29 is 0 Å². The number of nitrogens with one attached hydrogen (secondary N) is 1. The lowest BCUT2D eigenvalue weighted by Gasteiger charge is -2.11. The van der Waals surface area contributed by atoms with Gasteiger partial charge in [-0.25, -0.2) is 9.97 Å². The number of aromatic amines is 1. The lowest BCUT2D eigenvalue weighted by atomic mass is 9.98. The molecule has 4 nitrogen and oxygen atoms in total. The largest absolute Gasteiger partial charge is 0.367 e. The first kappa shape index (κ1) is 8.90. The van der Waals surface area contributed by atoms with Crippen LogP contribution in [0.5, 0.6) is 0 Å². The van der Waals surface area contributed by atoms with Gasteiger partial charge in [0.05, 0.1) is 5.69 Å². The van der Waals surface area contributed by atoms with Crippen LogP contribution in [-0.4, -0.2) is 21.5 Å². The Labute approximate surface area is 82.2 Å². The Morgan fingerprint density at radius 1 is 1.43 bits per heavy atom. The van der Waals surface area contributed by atoms with Gasteiger partial charge in [-0.05, 0) is 17.7 Å². The molecular weight excluding hydrogens is 176 g/mol. The summed E-state index contributed by atoms with van der Waals surface area (Å²) in [4.78, 5) is 11.1. The number of hydrogen-bond donors (Lipinski definition) is 2. The quantitative estimate of drug-likeness (QED) is 0.751. The van der Waals surface area contributed by atoms with E-state index in [1.807, 2.05) is 24.5 Å². The number of nitrogens with two attached hydrogens (primary N) is 1. The minimum absolute atomic E-state index is 0.157. The normalized spacial score (nSPS) is 12.6. The maximum Gasteiger partial charge on any atom is 0.115 e. The summed E-state index contributed by atoms with van der Waals surface area (Å²) >= 11 is 0. The van der Waals surface area contributed by atoms with Gasteiger partial charge in [0.15, 0.2) is 0 Å². The number of nitrogens with zero attached hydrogens (tertiary/aromatic N) is 2. The summed E-state index contributed by atoms with van der Waals surface area (Å²) in [6.45, 7) is 0.550. The molecule has 0 aliphatic heterocycles.